The first-order chi connectivity index (χ1) is 10.6. The third-order valence-corrected chi connectivity index (χ3v) is 3.40. The maximum absolute atomic E-state index is 11.9. The lowest BCUT2D eigenvalue weighted by Crippen LogP contribution is -2.28. The fraction of sp³-hybridized carbons (Fsp3) is 0.125. The van der Waals surface area contributed by atoms with E-state index in [1.165, 1.54) is 0 Å². The van der Waals surface area contributed by atoms with Crippen molar-refractivity contribution in [1.29, 1.82) is 0 Å². The van der Waals surface area contributed by atoms with Crippen LogP contribution in [0.1, 0.15) is 15.9 Å². The predicted molar refractivity (Wildman–Crippen MR) is 87.1 cm³/mol. The number of nitrogens with two attached hydrogens (primary N) is 1. The fourth-order valence-corrected chi connectivity index (χ4v) is 2.12. The van der Waals surface area contributed by atoms with Crippen molar-refractivity contribution in [2.24, 2.45) is 0 Å². The monoisotopic (exact) mass is 362 g/mol. The van der Waals surface area contributed by atoms with Crippen molar-refractivity contribution in [3.63, 3.8) is 0 Å². The summed E-state index contributed by atoms with van der Waals surface area (Å²) in [5, 5.41) is 2.68. The number of carbonyl (C=O) groups excluding carboxylic acids is 2. The van der Waals surface area contributed by atoms with Crippen LogP contribution in [-0.4, -0.2) is 18.5 Å². The zero-order valence-corrected chi connectivity index (χ0v) is 13.3. The summed E-state index contributed by atoms with van der Waals surface area (Å²) in [5.74, 6) is -1.00. The Morgan fingerprint density at radius 3 is 2.59 bits per heavy atom. The van der Waals surface area contributed by atoms with Gasteiger partial charge in [0.15, 0.2) is 6.61 Å². The number of halogens is 1. The van der Waals surface area contributed by atoms with Crippen LogP contribution in [0.5, 0.6) is 0 Å². The van der Waals surface area contributed by atoms with Crippen LogP contribution in [0.15, 0.2) is 53.0 Å². The van der Waals surface area contributed by atoms with Crippen LogP contribution in [0.25, 0.3) is 0 Å². The molecule has 2 aromatic carbocycles. The molecule has 5 nitrogen and oxygen atoms in total. The van der Waals surface area contributed by atoms with Crippen molar-refractivity contribution in [3.8, 4) is 0 Å². The molecule has 22 heavy (non-hydrogen) atoms. The van der Waals surface area contributed by atoms with Gasteiger partial charge in [-0.25, -0.2) is 4.79 Å². The molecule has 2 aromatic rings. The van der Waals surface area contributed by atoms with Gasteiger partial charge in [0, 0.05) is 16.7 Å². The first kappa shape index (κ1) is 16.0. The molecule has 114 valence electrons. The number of hydrogen-bond acceptors (Lipinski definition) is 4. The quantitative estimate of drug-likeness (QED) is 0.632. The smallest absolute Gasteiger partial charge is 0.340 e. The lowest BCUT2D eigenvalue weighted by atomic mass is 10.2. The second-order valence-electron chi connectivity index (χ2n) is 4.57. The summed E-state index contributed by atoms with van der Waals surface area (Å²) in [6.45, 7) is 0.0356. The number of hydrogen-bond donors (Lipinski definition) is 2. The Morgan fingerprint density at radius 1 is 1.14 bits per heavy atom. The van der Waals surface area contributed by atoms with Gasteiger partial charge in [0.25, 0.3) is 5.91 Å². The molecule has 0 unspecified atom stereocenters. The average Bonchev–Trinajstić information content (AvgIpc) is 2.54. The van der Waals surface area contributed by atoms with Crippen LogP contribution in [-0.2, 0) is 16.1 Å². The molecular formula is C16H15BrN2O3. The van der Waals surface area contributed by atoms with Gasteiger partial charge < -0.3 is 15.8 Å². The zero-order chi connectivity index (χ0) is 15.9. The van der Waals surface area contributed by atoms with Gasteiger partial charge in [-0.05, 0) is 23.8 Å². The highest BCUT2D eigenvalue weighted by molar-refractivity contribution is 9.10. The summed E-state index contributed by atoms with van der Waals surface area (Å²) in [5.41, 5.74) is 7.21. The number of amides is 1. The number of ether oxygens (including phenoxy) is 1. The molecule has 0 aliphatic carbocycles. The Hall–Kier alpha value is -2.34. The number of carbonyl (C=O) groups is 2. The van der Waals surface area contributed by atoms with E-state index in [-0.39, 0.29) is 18.1 Å². The Labute approximate surface area is 136 Å². The highest BCUT2D eigenvalue weighted by Crippen LogP contribution is 2.19. The van der Waals surface area contributed by atoms with E-state index in [1.54, 1.807) is 18.2 Å². The van der Waals surface area contributed by atoms with Gasteiger partial charge in [-0.3, -0.25) is 4.79 Å². The molecule has 0 fully saturated rings. The molecule has 6 heteroatoms. The average molecular weight is 363 g/mol. The van der Waals surface area contributed by atoms with Crippen molar-refractivity contribution < 1.29 is 14.3 Å². The first-order valence-electron chi connectivity index (χ1n) is 6.59. The van der Waals surface area contributed by atoms with Crippen molar-refractivity contribution in [1.82, 2.24) is 5.32 Å². The molecule has 0 heterocycles. The number of anilines is 1. The molecule has 3 N–H and O–H groups in total. The molecule has 0 saturated carbocycles. The minimum atomic E-state index is -0.631. The lowest BCUT2D eigenvalue weighted by Gasteiger charge is -2.08. The van der Waals surface area contributed by atoms with Gasteiger partial charge >= 0.3 is 5.97 Å². The van der Waals surface area contributed by atoms with Gasteiger partial charge in [0.05, 0.1) is 5.56 Å². The Balaban J connectivity index is 1.83. The van der Waals surface area contributed by atoms with Crippen LogP contribution >= 0.6 is 15.9 Å². The molecule has 0 atom stereocenters. The molecule has 0 radical (unpaired) electrons. The fourth-order valence-electron chi connectivity index (χ4n) is 1.76. The summed E-state index contributed by atoms with van der Waals surface area (Å²) >= 11 is 3.25. The largest absolute Gasteiger partial charge is 0.452 e. The number of esters is 1. The molecule has 0 spiro atoms. The molecule has 0 saturated heterocycles. The highest BCUT2D eigenvalue weighted by Gasteiger charge is 2.13. The van der Waals surface area contributed by atoms with Gasteiger partial charge in [0.2, 0.25) is 0 Å². The van der Waals surface area contributed by atoms with E-state index in [0.29, 0.717) is 16.7 Å². The van der Waals surface area contributed by atoms with E-state index in [1.807, 2.05) is 30.3 Å². The maximum Gasteiger partial charge on any atom is 0.340 e. The second kappa shape index (κ2) is 7.61. The van der Waals surface area contributed by atoms with E-state index in [9.17, 15) is 9.59 Å². The van der Waals surface area contributed by atoms with Gasteiger partial charge in [-0.2, -0.15) is 0 Å². The van der Waals surface area contributed by atoms with E-state index >= 15 is 0 Å². The minimum Gasteiger partial charge on any atom is -0.452 e. The van der Waals surface area contributed by atoms with Crippen LogP contribution in [0.2, 0.25) is 0 Å². The summed E-state index contributed by atoms with van der Waals surface area (Å²) in [7, 11) is 0. The summed E-state index contributed by atoms with van der Waals surface area (Å²) in [6.07, 6.45) is 0. The first-order valence-corrected chi connectivity index (χ1v) is 7.38. The number of nitrogen functional groups attached to an aromatic ring is 1. The zero-order valence-electron chi connectivity index (χ0n) is 11.7. The highest BCUT2D eigenvalue weighted by atomic mass is 79.9. The maximum atomic E-state index is 11.9. The second-order valence-corrected chi connectivity index (χ2v) is 5.49. The number of rotatable bonds is 5. The molecule has 0 aromatic heterocycles. The van der Waals surface area contributed by atoms with Crippen molar-refractivity contribution in [2.45, 2.75) is 6.54 Å². The van der Waals surface area contributed by atoms with E-state index < -0.39 is 5.97 Å². The summed E-state index contributed by atoms with van der Waals surface area (Å²) < 4.78 is 5.67. The Kier molecular flexibility index (Phi) is 5.55. The molecule has 0 aliphatic rings. The van der Waals surface area contributed by atoms with Crippen LogP contribution < -0.4 is 11.1 Å². The van der Waals surface area contributed by atoms with Crippen molar-refractivity contribution >= 4 is 33.5 Å². The minimum absolute atomic E-state index is 0.227. The lowest BCUT2D eigenvalue weighted by molar-refractivity contribution is -0.124. The van der Waals surface area contributed by atoms with E-state index in [4.69, 9.17) is 10.5 Å². The third kappa shape index (κ3) is 4.60. The van der Waals surface area contributed by atoms with Gasteiger partial charge in [0.1, 0.15) is 0 Å². The van der Waals surface area contributed by atoms with Crippen molar-refractivity contribution in [2.75, 3.05) is 12.3 Å². The van der Waals surface area contributed by atoms with Gasteiger partial charge in [-0.15, -0.1) is 0 Å². The number of benzene rings is 2. The molecule has 1 amide bonds. The molecule has 2 rings (SSSR count). The van der Waals surface area contributed by atoms with Crippen LogP contribution in [0.4, 0.5) is 5.69 Å². The van der Waals surface area contributed by atoms with E-state index in [0.717, 1.165) is 5.56 Å². The summed E-state index contributed by atoms with van der Waals surface area (Å²) in [4.78, 5) is 23.6. The topological polar surface area (TPSA) is 81.4 Å². The SMILES string of the molecule is Nc1ccc(Br)cc1C(=O)OCC(=O)NCc1ccccc1. The third-order valence-electron chi connectivity index (χ3n) is 2.90. The molecule has 0 bridgehead atoms. The van der Waals surface area contributed by atoms with Gasteiger partial charge in [-0.1, -0.05) is 46.3 Å². The Bertz CT molecular complexity index is 674. The standard InChI is InChI=1S/C16H15BrN2O3/c17-12-6-7-14(18)13(8-12)16(21)22-10-15(20)19-9-11-4-2-1-3-5-11/h1-8H,9-10,18H2,(H,19,20). The summed E-state index contributed by atoms with van der Waals surface area (Å²) in [6, 6.07) is 14.3. The predicted octanol–water partition coefficient (Wildman–Crippen LogP) is 2.50. The number of nitrogens with one attached hydrogen (secondary N) is 1. The normalized spacial score (nSPS) is 10.0. The van der Waals surface area contributed by atoms with Crippen LogP contribution in [0.3, 0.4) is 0 Å². The van der Waals surface area contributed by atoms with E-state index in [2.05, 4.69) is 21.2 Å². The van der Waals surface area contributed by atoms with Crippen LogP contribution in [0, 0.1) is 0 Å². The Morgan fingerprint density at radius 2 is 1.86 bits per heavy atom. The molecule has 0 aliphatic heterocycles. The molecular weight excluding hydrogens is 348 g/mol. The van der Waals surface area contributed by atoms with Crippen molar-refractivity contribution in [3.05, 3.63) is 64.1 Å².